The zero-order valence-corrected chi connectivity index (χ0v) is 12.0. The Morgan fingerprint density at radius 1 is 1.47 bits per heavy atom. The number of hydrogen-bond acceptors (Lipinski definition) is 2. The number of benzene rings is 1. The van der Waals surface area contributed by atoms with E-state index in [1.54, 1.807) is 0 Å². The van der Waals surface area contributed by atoms with E-state index in [2.05, 4.69) is 39.6 Å². The lowest BCUT2D eigenvalue weighted by Gasteiger charge is -2.50. The van der Waals surface area contributed by atoms with Crippen LogP contribution in [0, 0.1) is 5.92 Å². The zero-order valence-electron chi connectivity index (χ0n) is 9.58. The summed E-state index contributed by atoms with van der Waals surface area (Å²) in [6.45, 7) is 4.21. The highest BCUT2D eigenvalue weighted by Crippen LogP contribution is 2.45. The number of fused-ring (bicyclic) bond motifs is 4. The molecule has 1 saturated heterocycles. The lowest BCUT2D eigenvalue weighted by atomic mass is 9.82. The predicted octanol–water partition coefficient (Wildman–Crippen LogP) is 2.71. The molecule has 0 spiro atoms. The number of thiocarbonyl (C=S) groups is 1. The quantitative estimate of drug-likeness (QED) is 0.722. The van der Waals surface area contributed by atoms with Crippen molar-refractivity contribution in [1.82, 2.24) is 10.6 Å². The molecule has 0 aromatic heterocycles. The first kappa shape index (κ1) is 11.3. The number of ether oxygens (including phenoxy) is 1. The summed E-state index contributed by atoms with van der Waals surface area (Å²) in [7, 11) is 0. The largest absolute Gasteiger partial charge is 0.468 e. The van der Waals surface area contributed by atoms with Crippen LogP contribution in [0.4, 0.5) is 0 Å². The Morgan fingerprint density at radius 3 is 3.00 bits per heavy atom. The van der Waals surface area contributed by atoms with Gasteiger partial charge in [-0.2, -0.15) is 0 Å². The molecule has 2 heterocycles. The Bertz CT molecular complexity index is 507. The van der Waals surface area contributed by atoms with Gasteiger partial charge in [-0.3, -0.25) is 0 Å². The molecule has 1 aromatic carbocycles. The summed E-state index contributed by atoms with van der Waals surface area (Å²) >= 11 is 8.73. The van der Waals surface area contributed by atoms with E-state index in [0.717, 1.165) is 15.8 Å². The standard InChI is InChI=1S/C12H13BrN2OS/c1-6-10-8-5-7(13)3-4-9(8)16-12(6,2)15-11(17)14-10/h3-6,10H,1-2H3,(H2,14,15,17)/t6-,10-,12+/m1/s1. The van der Waals surface area contributed by atoms with Gasteiger partial charge in [0.2, 0.25) is 0 Å². The second-order valence-electron chi connectivity index (χ2n) is 4.76. The minimum Gasteiger partial charge on any atom is -0.468 e. The van der Waals surface area contributed by atoms with Crippen molar-refractivity contribution in [3.63, 3.8) is 0 Å². The molecule has 0 radical (unpaired) electrons. The van der Waals surface area contributed by atoms with E-state index in [1.807, 2.05) is 19.1 Å². The van der Waals surface area contributed by atoms with Gasteiger partial charge in [0.1, 0.15) is 5.75 Å². The van der Waals surface area contributed by atoms with E-state index in [9.17, 15) is 0 Å². The predicted molar refractivity (Wildman–Crippen MR) is 73.9 cm³/mol. The molecular weight excluding hydrogens is 300 g/mol. The summed E-state index contributed by atoms with van der Waals surface area (Å²) in [5, 5.41) is 7.20. The van der Waals surface area contributed by atoms with Crippen LogP contribution in [0.3, 0.4) is 0 Å². The Hall–Kier alpha value is -0.810. The molecule has 5 heteroatoms. The van der Waals surface area contributed by atoms with Gasteiger partial charge in [-0.15, -0.1) is 0 Å². The highest BCUT2D eigenvalue weighted by molar-refractivity contribution is 9.10. The maximum atomic E-state index is 6.07. The van der Waals surface area contributed by atoms with Crippen molar-refractivity contribution in [2.45, 2.75) is 25.6 Å². The maximum Gasteiger partial charge on any atom is 0.184 e. The molecule has 3 atom stereocenters. The Morgan fingerprint density at radius 2 is 2.24 bits per heavy atom. The molecule has 2 aliphatic heterocycles. The second-order valence-corrected chi connectivity index (χ2v) is 6.08. The van der Waals surface area contributed by atoms with Crippen LogP contribution in [0.25, 0.3) is 0 Å². The molecule has 0 aliphatic carbocycles. The van der Waals surface area contributed by atoms with E-state index < -0.39 is 5.72 Å². The van der Waals surface area contributed by atoms with Crippen LogP contribution in [0.5, 0.6) is 5.75 Å². The molecule has 2 N–H and O–H groups in total. The van der Waals surface area contributed by atoms with Crippen molar-refractivity contribution in [3.05, 3.63) is 28.2 Å². The lowest BCUT2D eigenvalue weighted by Crippen LogP contribution is -2.67. The highest BCUT2D eigenvalue weighted by Gasteiger charge is 2.48. The van der Waals surface area contributed by atoms with Gasteiger partial charge in [0, 0.05) is 16.0 Å². The van der Waals surface area contributed by atoms with Crippen LogP contribution >= 0.6 is 28.1 Å². The van der Waals surface area contributed by atoms with E-state index in [-0.39, 0.29) is 6.04 Å². The van der Waals surface area contributed by atoms with Crippen LogP contribution < -0.4 is 15.4 Å². The molecular formula is C12H13BrN2OS. The number of halogens is 1. The Kier molecular flexibility index (Phi) is 2.38. The van der Waals surface area contributed by atoms with E-state index >= 15 is 0 Å². The third-order valence-electron chi connectivity index (χ3n) is 3.65. The van der Waals surface area contributed by atoms with Gasteiger partial charge in [-0.05, 0) is 37.3 Å². The third-order valence-corrected chi connectivity index (χ3v) is 4.36. The average molecular weight is 313 g/mol. The van der Waals surface area contributed by atoms with Gasteiger partial charge in [0.15, 0.2) is 10.8 Å². The normalized spacial score (nSPS) is 34.2. The zero-order chi connectivity index (χ0) is 12.2. The SMILES string of the molecule is C[C@@H]1[C@H]2NC(=S)N[C@@]1(C)Oc1ccc(Br)cc12. The molecule has 2 bridgehead atoms. The van der Waals surface area contributed by atoms with Crippen molar-refractivity contribution in [2.24, 2.45) is 5.92 Å². The first-order valence-electron chi connectivity index (χ1n) is 5.57. The van der Waals surface area contributed by atoms with E-state index in [0.29, 0.717) is 11.0 Å². The fourth-order valence-corrected chi connectivity index (χ4v) is 3.22. The average Bonchev–Trinajstić information content (AvgIpc) is 2.24. The van der Waals surface area contributed by atoms with Crippen molar-refractivity contribution in [1.29, 1.82) is 0 Å². The number of nitrogens with one attached hydrogen (secondary N) is 2. The van der Waals surface area contributed by atoms with Crippen LogP contribution in [-0.2, 0) is 0 Å². The third kappa shape index (κ3) is 1.64. The molecule has 0 amide bonds. The number of hydrogen-bond donors (Lipinski definition) is 2. The molecule has 90 valence electrons. The minimum absolute atomic E-state index is 0.204. The van der Waals surface area contributed by atoms with Gasteiger partial charge < -0.3 is 15.4 Å². The molecule has 1 aromatic rings. The van der Waals surface area contributed by atoms with Crippen molar-refractivity contribution in [3.8, 4) is 5.75 Å². The molecule has 2 aliphatic rings. The Labute approximate surface area is 114 Å². The van der Waals surface area contributed by atoms with Gasteiger partial charge in [-0.25, -0.2) is 0 Å². The molecule has 3 nitrogen and oxygen atoms in total. The highest BCUT2D eigenvalue weighted by atomic mass is 79.9. The maximum absolute atomic E-state index is 6.07. The monoisotopic (exact) mass is 312 g/mol. The summed E-state index contributed by atoms with van der Waals surface area (Å²) < 4.78 is 7.13. The second kappa shape index (κ2) is 3.59. The number of rotatable bonds is 0. The first-order valence-corrected chi connectivity index (χ1v) is 6.77. The van der Waals surface area contributed by atoms with Crippen LogP contribution in [0.15, 0.2) is 22.7 Å². The molecule has 1 fully saturated rings. The smallest absolute Gasteiger partial charge is 0.184 e. The van der Waals surface area contributed by atoms with E-state index in [1.165, 1.54) is 0 Å². The molecule has 17 heavy (non-hydrogen) atoms. The summed E-state index contributed by atoms with van der Waals surface area (Å²) in [4.78, 5) is 0. The van der Waals surface area contributed by atoms with Crippen LogP contribution in [-0.4, -0.2) is 10.8 Å². The lowest BCUT2D eigenvalue weighted by molar-refractivity contribution is -0.0263. The van der Waals surface area contributed by atoms with Crippen LogP contribution in [0.1, 0.15) is 25.5 Å². The summed E-state index contributed by atoms with van der Waals surface area (Å²) in [5.41, 5.74) is 0.738. The fourth-order valence-electron chi connectivity index (χ4n) is 2.51. The van der Waals surface area contributed by atoms with Gasteiger partial charge >= 0.3 is 0 Å². The molecule has 0 unspecified atom stereocenters. The fraction of sp³-hybridized carbons (Fsp3) is 0.417. The van der Waals surface area contributed by atoms with E-state index in [4.69, 9.17) is 17.0 Å². The van der Waals surface area contributed by atoms with Gasteiger partial charge in [-0.1, -0.05) is 22.9 Å². The Balaban J connectivity index is 2.15. The van der Waals surface area contributed by atoms with Crippen molar-refractivity contribution < 1.29 is 4.74 Å². The first-order chi connectivity index (χ1) is 7.99. The summed E-state index contributed by atoms with van der Waals surface area (Å²) in [6.07, 6.45) is 0. The molecule has 3 rings (SSSR count). The van der Waals surface area contributed by atoms with Gasteiger partial charge in [0.25, 0.3) is 0 Å². The minimum atomic E-state index is -0.423. The molecule has 0 saturated carbocycles. The van der Waals surface area contributed by atoms with Crippen molar-refractivity contribution >= 4 is 33.3 Å². The van der Waals surface area contributed by atoms with Gasteiger partial charge in [0.05, 0.1) is 6.04 Å². The van der Waals surface area contributed by atoms with Crippen LogP contribution in [0.2, 0.25) is 0 Å². The summed E-state index contributed by atoms with van der Waals surface area (Å²) in [5.74, 6) is 1.22. The van der Waals surface area contributed by atoms with Crippen molar-refractivity contribution in [2.75, 3.05) is 0 Å². The summed E-state index contributed by atoms with van der Waals surface area (Å²) in [6, 6.07) is 6.28. The topological polar surface area (TPSA) is 33.3 Å².